The van der Waals surface area contributed by atoms with Gasteiger partial charge >= 0.3 is 0 Å². The van der Waals surface area contributed by atoms with E-state index < -0.39 is 5.91 Å². The van der Waals surface area contributed by atoms with E-state index in [4.69, 9.17) is 9.83 Å². The van der Waals surface area contributed by atoms with Crippen LogP contribution in [0.5, 0.6) is 0 Å². The molecule has 38 heavy (non-hydrogen) atoms. The van der Waals surface area contributed by atoms with Crippen molar-refractivity contribution in [3.05, 3.63) is 113 Å². The summed E-state index contributed by atoms with van der Waals surface area (Å²) in [7, 11) is 1.92. The maximum atomic E-state index is 12.9. The van der Waals surface area contributed by atoms with Gasteiger partial charge in [-0.3, -0.25) is 14.5 Å². The molecule has 0 aliphatic carbocycles. The van der Waals surface area contributed by atoms with Crippen LogP contribution in [0.15, 0.2) is 89.7 Å². The number of nitrogens with one attached hydrogen (secondary N) is 3. The monoisotopic (exact) mass is 505 g/mol. The summed E-state index contributed by atoms with van der Waals surface area (Å²) < 4.78 is 5.36. The standard InChI is InChI=1S/C30H27N5O3/c1-3-7-21-11-16-28(32-18-21)34-30(37)25-9-4-5-10-27(25)33-29(36)23-14-12-22(13-15-23)26(31)20-35(2)19-24-8-6-17-38-24/h4-6,8-18,31H,19-20H2,1-2H3,(H,33,36)(H,32,34,37). The summed E-state index contributed by atoms with van der Waals surface area (Å²) >= 11 is 0. The number of likely N-dealkylation sites (N-methyl/N-ethyl adjacent to an activating group) is 1. The minimum absolute atomic E-state index is 0.304. The van der Waals surface area contributed by atoms with Crippen molar-refractivity contribution in [2.45, 2.75) is 13.5 Å². The summed E-state index contributed by atoms with van der Waals surface area (Å²) in [4.78, 5) is 32.0. The van der Waals surface area contributed by atoms with Crippen LogP contribution < -0.4 is 10.6 Å². The van der Waals surface area contributed by atoms with Gasteiger partial charge in [-0.15, -0.1) is 5.92 Å². The summed E-state index contributed by atoms with van der Waals surface area (Å²) in [6.45, 7) is 2.76. The minimum atomic E-state index is -0.398. The number of carbonyl (C=O) groups excluding carboxylic acids is 2. The van der Waals surface area contributed by atoms with Crippen LogP contribution in [0.4, 0.5) is 11.5 Å². The Bertz CT molecular complexity index is 1480. The molecule has 2 heterocycles. The maximum Gasteiger partial charge on any atom is 0.258 e. The van der Waals surface area contributed by atoms with Crippen LogP contribution in [0, 0.1) is 17.3 Å². The lowest BCUT2D eigenvalue weighted by Gasteiger charge is -2.16. The summed E-state index contributed by atoms with van der Waals surface area (Å²) in [6.07, 6.45) is 3.21. The third kappa shape index (κ3) is 6.81. The molecule has 0 bridgehead atoms. The Balaban J connectivity index is 1.38. The number of aromatic nitrogens is 1. The van der Waals surface area contributed by atoms with E-state index >= 15 is 0 Å². The van der Waals surface area contributed by atoms with Crippen molar-refractivity contribution >= 4 is 29.0 Å². The van der Waals surface area contributed by atoms with Gasteiger partial charge in [-0.25, -0.2) is 4.98 Å². The molecule has 190 valence electrons. The number of furan rings is 1. The smallest absolute Gasteiger partial charge is 0.258 e. The van der Waals surface area contributed by atoms with Crippen molar-refractivity contribution in [2.75, 3.05) is 24.2 Å². The topological polar surface area (TPSA) is 111 Å². The Morgan fingerprint density at radius 2 is 1.71 bits per heavy atom. The first-order chi connectivity index (χ1) is 18.4. The predicted octanol–water partition coefficient (Wildman–Crippen LogP) is 5.05. The number of rotatable bonds is 9. The quantitative estimate of drug-likeness (QED) is 0.218. The van der Waals surface area contributed by atoms with Gasteiger partial charge in [0.25, 0.3) is 11.8 Å². The van der Waals surface area contributed by atoms with Crippen LogP contribution in [-0.4, -0.2) is 41.0 Å². The second-order valence-electron chi connectivity index (χ2n) is 8.57. The summed E-state index contributed by atoms with van der Waals surface area (Å²) in [5, 5.41) is 14.0. The highest BCUT2D eigenvalue weighted by Gasteiger charge is 2.15. The van der Waals surface area contributed by atoms with Crippen molar-refractivity contribution in [1.82, 2.24) is 9.88 Å². The van der Waals surface area contributed by atoms with Crippen LogP contribution in [0.1, 0.15) is 44.5 Å². The van der Waals surface area contributed by atoms with Crippen LogP contribution >= 0.6 is 0 Å². The van der Waals surface area contributed by atoms with Crippen molar-refractivity contribution in [1.29, 1.82) is 5.41 Å². The van der Waals surface area contributed by atoms with E-state index in [0.717, 1.165) is 16.9 Å². The molecule has 0 unspecified atom stereocenters. The molecule has 4 aromatic rings. The SMILES string of the molecule is CC#Cc1ccc(NC(=O)c2ccccc2NC(=O)c2ccc(C(=N)CN(C)Cc3ccco3)cc2)nc1. The minimum Gasteiger partial charge on any atom is -0.468 e. The molecule has 0 aliphatic rings. The third-order valence-electron chi connectivity index (χ3n) is 5.62. The molecule has 0 atom stereocenters. The van der Waals surface area contributed by atoms with E-state index in [0.29, 0.717) is 41.4 Å². The second-order valence-corrected chi connectivity index (χ2v) is 8.57. The van der Waals surface area contributed by atoms with Gasteiger partial charge in [-0.05, 0) is 68.1 Å². The molecule has 8 heteroatoms. The lowest BCUT2D eigenvalue weighted by Crippen LogP contribution is -2.25. The van der Waals surface area contributed by atoms with Gasteiger partial charge in [0.05, 0.1) is 29.8 Å². The number of pyridine rings is 1. The molecular weight excluding hydrogens is 478 g/mol. The highest BCUT2D eigenvalue weighted by atomic mass is 16.3. The molecule has 4 rings (SSSR count). The molecule has 0 radical (unpaired) electrons. The number of anilines is 2. The zero-order valence-corrected chi connectivity index (χ0v) is 21.1. The van der Waals surface area contributed by atoms with E-state index in [1.165, 1.54) is 0 Å². The molecule has 2 amide bonds. The Labute approximate surface area is 221 Å². The average Bonchev–Trinajstić information content (AvgIpc) is 3.43. The lowest BCUT2D eigenvalue weighted by molar-refractivity contribution is 0.102. The van der Waals surface area contributed by atoms with E-state index in [-0.39, 0.29) is 5.91 Å². The molecule has 0 saturated carbocycles. The average molecular weight is 506 g/mol. The van der Waals surface area contributed by atoms with Crippen LogP contribution in [0.3, 0.4) is 0 Å². The summed E-state index contributed by atoms with van der Waals surface area (Å²) in [5.74, 6) is 6.15. The van der Waals surface area contributed by atoms with Gasteiger partial charge in [0.2, 0.25) is 0 Å². The fraction of sp³-hybridized carbons (Fsp3) is 0.133. The van der Waals surface area contributed by atoms with Crippen LogP contribution in [-0.2, 0) is 6.54 Å². The molecular formula is C30H27N5O3. The highest BCUT2D eigenvalue weighted by molar-refractivity contribution is 6.12. The van der Waals surface area contributed by atoms with Crippen LogP contribution in [0.25, 0.3) is 0 Å². The van der Waals surface area contributed by atoms with Crippen molar-refractivity contribution < 1.29 is 14.0 Å². The van der Waals surface area contributed by atoms with Gasteiger partial charge < -0.3 is 20.5 Å². The van der Waals surface area contributed by atoms with Crippen molar-refractivity contribution in [2.24, 2.45) is 0 Å². The normalized spacial score (nSPS) is 10.4. The van der Waals surface area contributed by atoms with Crippen LogP contribution in [0.2, 0.25) is 0 Å². The zero-order chi connectivity index (χ0) is 26.9. The lowest BCUT2D eigenvalue weighted by atomic mass is 10.1. The summed E-state index contributed by atoms with van der Waals surface area (Å²) in [6, 6.07) is 20.8. The number of amides is 2. The summed E-state index contributed by atoms with van der Waals surface area (Å²) in [5.41, 5.74) is 2.99. The van der Waals surface area contributed by atoms with E-state index in [9.17, 15) is 9.59 Å². The maximum absolute atomic E-state index is 12.9. The molecule has 0 aliphatic heterocycles. The highest BCUT2D eigenvalue weighted by Crippen LogP contribution is 2.19. The molecule has 0 fully saturated rings. The Morgan fingerprint density at radius 3 is 2.39 bits per heavy atom. The number of nitrogens with zero attached hydrogens (tertiary/aromatic N) is 2. The second kappa shape index (κ2) is 12.3. The van der Waals surface area contributed by atoms with Gasteiger partial charge in [0.1, 0.15) is 11.6 Å². The Morgan fingerprint density at radius 1 is 0.947 bits per heavy atom. The van der Waals surface area contributed by atoms with E-state index in [1.807, 2.05) is 24.1 Å². The van der Waals surface area contributed by atoms with Crippen molar-refractivity contribution in [3.8, 4) is 11.8 Å². The van der Waals surface area contributed by atoms with Gasteiger partial charge in [-0.1, -0.05) is 30.2 Å². The molecule has 2 aromatic carbocycles. The largest absolute Gasteiger partial charge is 0.468 e. The van der Waals surface area contributed by atoms with E-state index in [1.54, 1.807) is 80.0 Å². The van der Waals surface area contributed by atoms with Crippen molar-refractivity contribution in [3.63, 3.8) is 0 Å². The first kappa shape index (κ1) is 26.1. The number of hydrogen-bond acceptors (Lipinski definition) is 6. The third-order valence-corrected chi connectivity index (χ3v) is 5.62. The zero-order valence-electron chi connectivity index (χ0n) is 21.1. The fourth-order valence-electron chi connectivity index (χ4n) is 3.76. The first-order valence-electron chi connectivity index (χ1n) is 11.9. The molecule has 3 N–H and O–H groups in total. The first-order valence-corrected chi connectivity index (χ1v) is 11.9. The molecule has 0 saturated heterocycles. The number of carbonyl (C=O) groups is 2. The molecule has 8 nitrogen and oxygen atoms in total. The number of para-hydroxylation sites is 1. The van der Waals surface area contributed by atoms with Gasteiger partial charge in [0, 0.05) is 23.9 Å². The van der Waals surface area contributed by atoms with Gasteiger partial charge in [0.15, 0.2) is 0 Å². The van der Waals surface area contributed by atoms with E-state index in [2.05, 4.69) is 27.5 Å². The number of hydrogen-bond donors (Lipinski definition) is 3. The fourth-order valence-corrected chi connectivity index (χ4v) is 3.76. The van der Waals surface area contributed by atoms with Gasteiger partial charge in [-0.2, -0.15) is 0 Å². The number of benzene rings is 2. The Kier molecular flexibility index (Phi) is 8.44. The molecule has 0 spiro atoms. The molecule has 2 aromatic heterocycles. The predicted molar refractivity (Wildman–Crippen MR) is 147 cm³/mol. The Hall–Kier alpha value is -5.00.